The molecule has 1 rings (SSSR count). The molecule has 0 saturated carbocycles. The van der Waals surface area contributed by atoms with E-state index in [4.69, 9.17) is 16.3 Å². The highest BCUT2D eigenvalue weighted by molar-refractivity contribution is 6.25. The Balaban J connectivity index is 2.63. The van der Waals surface area contributed by atoms with Crippen LogP contribution in [0.1, 0.15) is 50.9 Å². The van der Waals surface area contributed by atoms with Gasteiger partial charge in [-0.15, -0.1) is 0 Å². The van der Waals surface area contributed by atoms with Crippen molar-refractivity contribution in [3.05, 3.63) is 40.9 Å². The van der Waals surface area contributed by atoms with Crippen molar-refractivity contribution >= 4 is 17.4 Å². The Morgan fingerprint density at radius 1 is 1.25 bits per heavy atom. The molecular weight excluding hydrogens is 272 g/mol. The maximum Gasteiger partial charge on any atom is 0.163 e. The highest BCUT2D eigenvalue weighted by Crippen LogP contribution is 2.22. The smallest absolute Gasteiger partial charge is 0.163 e. The Bertz CT molecular complexity index is 467. The fourth-order valence-corrected chi connectivity index (χ4v) is 1.92. The second kappa shape index (κ2) is 7.49. The number of carbonyl (C=O) groups excluding carboxylic acids is 1. The number of rotatable bonds is 6. The van der Waals surface area contributed by atoms with Crippen LogP contribution < -0.4 is 4.74 Å². The number of benzene rings is 1. The fraction of sp³-hybridized carbons (Fsp3) is 0.471. The van der Waals surface area contributed by atoms with Gasteiger partial charge in [0, 0.05) is 17.5 Å². The molecule has 0 unspecified atom stereocenters. The Labute approximate surface area is 126 Å². The minimum absolute atomic E-state index is 0.00737. The molecule has 2 nitrogen and oxygen atoms in total. The molecular formula is C17H23ClO2. The minimum atomic E-state index is 0.00737. The van der Waals surface area contributed by atoms with Crippen molar-refractivity contribution in [2.24, 2.45) is 5.41 Å². The Kier molecular flexibility index (Phi) is 6.28. The molecule has 0 atom stereocenters. The summed E-state index contributed by atoms with van der Waals surface area (Å²) in [6, 6.07) is 7.30. The number of ether oxygens (including phenoxy) is 1. The maximum atomic E-state index is 12.1. The number of Topliss-reactive ketones (excluding diaryl/α,β-unsaturated/α-hetero) is 1. The summed E-state index contributed by atoms with van der Waals surface area (Å²) in [5.41, 5.74) is 3.34. The van der Waals surface area contributed by atoms with Gasteiger partial charge in [-0.2, -0.15) is 0 Å². The summed E-state index contributed by atoms with van der Waals surface area (Å²) in [4.78, 5) is 12.1. The van der Waals surface area contributed by atoms with Crippen LogP contribution in [0.5, 0.6) is 5.75 Å². The lowest BCUT2D eigenvalue weighted by Crippen LogP contribution is -2.13. The van der Waals surface area contributed by atoms with E-state index in [0.29, 0.717) is 13.0 Å². The summed E-state index contributed by atoms with van der Waals surface area (Å²) in [5.74, 6) is 0.917. The van der Waals surface area contributed by atoms with Gasteiger partial charge in [0.1, 0.15) is 12.4 Å². The lowest BCUT2D eigenvalue weighted by atomic mass is 9.88. The number of hydrogen-bond donors (Lipinski definition) is 0. The largest absolute Gasteiger partial charge is 0.489 e. The van der Waals surface area contributed by atoms with Crippen molar-refractivity contribution in [1.29, 1.82) is 0 Å². The molecule has 0 saturated heterocycles. The third-order valence-corrected chi connectivity index (χ3v) is 3.21. The van der Waals surface area contributed by atoms with Crippen LogP contribution in [0.3, 0.4) is 0 Å². The first kappa shape index (κ1) is 16.8. The van der Waals surface area contributed by atoms with Crippen LogP contribution in [-0.4, -0.2) is 12.4 Å². The maximum absolute atomic E-state index is 12.1. The molecule has 0 aliphatic carbocycles. The van der Waals surface area contributed by atoms with E-state index in [2.05, 4.69) is 20.8 Å². The predicted octanol–water partition coefficient (Wildman–Crippen LogP) is 5.22. The van der Waals surface area contributed by atoms with Crippen molar-refractivity contribution in [2.75, 3.05) is 6.61 Å². The Morgan fingerprint density at radius 2 is 1.85 bits per heavy atom. The first-order chi connectivity index (χ1) is 9.35. The molecule has 110 valence electrons. The molecule has 0 N–H and O–H groups in total. The standard InChI is InChI=1S/C17H23ClO2/c1-5-13(11-18)12-20-15-8-6-14(7-9-15)16(19)10-17(2,3)4/h6-9,11H,5,10,12H2,1-4H3/b13-11-. The molecule has 0 spiro atoms. The molecule has 20 heavy (non-hydrogen) atoms. The summed E-state index contributed by atoms with van der Waals surface area (Å²) in [6.45, 7) is 8.70. The van der Waals surface area contributed by atoms with E-state index in [1.165, 1.54) is 0 Å². The van der Waals surface area contributed by atoms with Crippen LogP contribution in [0.15, 0.2) is 35.4 Å². The Morgan fingerprint density at radius 3 is 2.30 bits per heavy atom. The minimum Gasteiger partial charge on any atom is -0.489 e. The summed E-state index contributed by atoms with van der Waals surface area (Å²) >= 11 is 5.68. The highest BCUT2D eigenvalue weighted by atomic mass is 35.5. The molecule has 0 fully saturated rings. The SMILES string of the molecule is CC/C(=C/Cl)COc1ccc(C(=O)CC(C)(C)C)cc1. The van der Waals surface area contributed by atoms with Crippen molar-refractivity contribution in [3.8, 4) is 5.75 Å². The summed E-state index contributed by atoms with van der Waals surface area (Å²) in [7, 11) is 0. The van der Waals surface area contributed by atoms with Gasteiger partial charge in [0.05, 0.1) is 0 Å². The number of carbonyl (C=O) groups is 1. The van der Waals surface area contributed by atoms with Crippen LogP contribution in [0.4, 0.5) is 0 Å². The second-order valence-electron chi connectivity index (χ2n) is 6.09. The normalized spacial score (nSPS) is 12.3. The van der Waals surface area contributed by atoms with Crippen LogP contribution >= 0.6 is 11.6 Å². The first-order valence-electron chi connectivity index (χ1n) is 6.90. The molecule has 0 radical (unpaired) electrons. The predicted molar refractivity (Wildman–Crippen MR) is 84.6 cm³/mol. The van der Waals surface area contributed by atoms with E-state index >= 15 is 0 Å². The van der Waals surface area contributed by atoms with Crippen LogP contribution in [0, 0.1) is 5.41 Å². The third kappa shape index (κ3) is 5.79. The average molecular weight is 295 g/mol. The van der Waals surface area contributed by atoms with Gasteiger partial charge in [0.2, 0.25) is 0 Å². The summed E-state index contributed by atoms with van der Waals surface area (Å²) < 4.78 is 5.62. The van der Waals surface area contributed by atoms with E-state index in [9.17, 15) is 4.79 Å². The lowest BCUT2D eigenvalue weighted by Gasteiger charge is -2.16. The zero-order chi connectivity index (χ0) is 15.2. The van der Waals surface area contributed by atoms with Crippen molar-refractivity contribution in [2.45, 2.75) is 40.5 Å². The first-order valence-corrected chi connectivity index (χ1v) is 7.33. The Hall–Kier alpha value is -1.28. The van der Waals surface area contributed by atoms with Gasteiger partial charge < -0.3 is 4.74 Å². The zero-order valence-electron chi connectivity index (χ0n) is 12.7. The molecule has 0 aliphatic heterocycles. The second-order valence-corrected chi connectivity index (χ2v) is 6.31. The van der Waals surface area contributed by atoms with Crippen molar-refractivity contribution in [3.63, 3.8) is 0 Å². The van der Waals surface area contributed by atoms with E-state index in [0.717, 1.165) is 23.3 Å². The van der Waals surface area contributed by atoms with Crippen LogP contribution in [-0.2, 0) is 0 Å². The van der Waals surface area contributed by atoms with Crippen molar-refractivity contribution < 1.29 is 9.53 Å². The van der Waals surface area contributed by atoms with Gasteiger partial charge in [-0.1, -0.05) is 39.3 Å². The molecule has 1 aromatic carbocycles. The van der Waals surface area contributed by atoms with Gasteiger partial charge in [0.15, 0.2) is 5.78 Å². The van der Waals surface area contributed by atoms with Gasteiger partial charge in [0.25, 0.3) is 0 Å². The van der Waals surface area contributed by atoms with Gasteiger partial charge >= 0.3 is 0 Å². The summed E-state index contributed by atoms with van der Waals surface area (Å²) in [6.07, 6.45) is 1.41. The number of hydrogen-bond acceptors (Lipinski definition) is 2. The van der Waals surface area contributed by atoms with E-state index in [1.807, 2.05) is 31.2 Å². The summed E-state index contributed by atoms with van der Waals surface area (Å²) in [5, 5.41) is 0. The molecule has 0 aromatic heterocycles. The van der Waals surface area contributed by atoms with Crippen LogP contribution in [0.2, 0.25) is 0 Å². The van der Waals surface area contributed by atoms with Crippen LogP contribution in [0.25, 0.3) is 0 Å². The fourth-order valence-electron chi connectivity index (χ4n) is 1.71. The van der Waals surface area contributed by atoms with E-state index in [1.54, 1.807) is 5.54 Å². The molecule has 0 bridgehead atoms. The van der Waals surface area contributed by atoms with Gasteiger partial charge in [-0.3, -0.25) is 4.79 Å². The van der Waals surface area contributed by atoms with Crippen molar-refractivity contribution in [1.82, 2.24) is 0 Å². The zero-order valence-corrected chi connectivity index (χ0v) is 13.5. The molecule has 3 heteroatoms. The van der Waals surface area contributed by atoms with E-state index in [-0.39, 0.29) is 11.2 Å². The molecule has 0 amide bonds. The average Bonchev–Trinajstić information content (AvgIpc) is 2.38. The lowest BCUT2D eigenvalue weighted by molar-refractivity contribution is 0.0940. The highest BCUT2D eigenvalue weighted by Gasteiger charge is 2.17. The third-order valence-electron chi connectivity index (χ3n) is 2.90. The van der Waals surface area contributed by atoms with Gasteiger partial charge in [-0.25, -0.2) is 0 Å². The topological polar surface area (TPSA) is 26.3 Å². The van der Waals surface area contributed by atoms with E-state index < -0.39 is 0 Å². The number of halogens is 1. The number of ketones is 1. The quantitative estimate of drug-likeness (QED) is 0.673. The monoisotopic (exact) mass is 294 g/mol. The molecule has 0 aliphatic rings. The van der Waals surface area contributed by atoms with Gasteiger partial charge in [-0.05, 0) is 41.7 Å². The molecule has 0 heterocycles. The molecule has 1 aromatic rings.